The molecule has 1 heterocycles. The standard InChI is InChI=1S/C9H10ClNO3S/c10-5-8(12)11-6(4-9(13)14)7-2-1-3-15-7/h1-3,6H,4-5H2,(H,11,12)(H,13,14). The molecule has 0 aromatic carbocycles. The summed E-state index contributed by atoms with van der Waals surface area (Å²) in [7, 11) is 0. The van der Waals surface area contributed by atoms with Crippen molar-refractivity contribution >= 4 is 34.8 Å². The fraction of sp³-hybridized carbons (Fsp3) is 0.333. The van der Waals surface area contributed by atoms with Gasteiger partial charge in [0.15, 0.2) is 0 Å². The van der Waals surface area contributed by atoms with Gasteiger partial charge in [0.05, 0.1) is 12.5 Å². The van der Waals surface area contributed by atoms with Crippen LogP contribution in [0.5, 0.6) is 0 Å². The van der Waals surface area contributed by atoms with Gasteiger partial charge in [-0.3, -0.25) is 9.59 Å². The average molecular weight is 248 g/mol. The summed E-state index contributed by atoms with van der Waals surface area (Å²) >= 11 is 6.74. The van der Waals surface area contributed by atoms with Gasteiger partial charge in [-0.2, -0.15) is 0 Å². The number of hydrogen-bond donors (Lipinski definition) is 2. The third-order valence-corrected chi connectivity index (χ3v) is 2.95. The molecule has 4 nitrogen and oxygen atoms in total. The van der Waals surface area contributed by atoms with Crippen LogP contribution >= 0.6 is 22.9 Å². The van der Waals surface area contributed by atoms with E-state index in [2.05, 4.69) is 5.32 Å². The lowest BCUT2D eigenvalue weighted by Gasteiger charge is -2.14. The maximum Gasteiger partial charge on any atom is 0.305 e. The third-order valence-electron chi connectivity index (χ3n) is 1.72. The van der Waals surface area contributed by atoms with Gasteiger partial charge in [0.2, 0.25) is 5.91 Å². The summed E-state index contributed by atoms with van der Waals surface area (Å²) in [6, 6.07) is 3.10. The van der Waals surface area contributed by atoms with Gasteiger partial charge in [0, 0.05) is 4.88 Å². The number of thiophene rings is 1. The van der Waals surface area contributed by atoms with E-state index in [4.69, 9.17) is 16.7 Å². The van der Waals surface area contributed by atoms with Crippen molar-refractivity contribution in [2.45, 2.75) is 12.5 Å². The van der Waals surface area contributed by atoms with Crippen LogP contribution in [-0.4, -0.2) is 22.9 Å². The smallest absolute Gasteiger partial charge is 0.305 e. The molecule has 0 spiro atoms. The zero-order valence-corrected chi connectivity index (χ0v) is 9.35. The topological polar surface area (TPSA) is 66.4 Å². The van der Waals surface area contributed by atoms with Crippen LogP contribution in [0.2, 0.25) is 0 Å². The molecule has 1 unspecified atom stereocenters. The molecule has 0 fully saturated rings. The van der Waals surface area contributed by atoms with E-state index in [0.29, 0.717) is 0 Å². The molecule has 1 amide bonds. The molecule has 0 radical (unpaired) electrons. The first-order valence-electron chi connectivity index (χ1n) is 4.24. The SMILES string of the molecule is O=C(O)CC(NC(=O)CCl)c1cccs1. The first kappa shape index (κ1) is 12.0. The molecule has 0 saturated heterocycles. The molecule has 0 aliphatic heterocycles. The molecule has 1 aromatic rings. The summed E-state index contributed by atoms with van der Waals surface area (Å²) in [5, 5.41) is 13.1. The predicted molar refractivity (Wildman–Crippen MR) is 58.2 cm³/mol. The molecule has 2 N–H and O–H groups in total. The van der Waals surface area contributed by atoms with Crippen molar-refractivity contribution in [1.82, 2.24) is 5.32 Å². The minimum Gasteiger partial charge on any atom is -0.481 e. The molecule has 1 rings (SSSR count). The van der Waals surface area contributed by atoms with Gasteiger partial charge in [-0.25, -0.2) is 0 Å². The van der Waals surface area contributed by atoms with E-state index in [1.54, 1.807) is 6.07 Å². The molecule has 15 heavy (non-hydrogen) atoms. The molecule has 0 bridgehead atoms. The van der Waals surface area contributed by atoms with E-state index in [0.717, 1.165) is 4.88 Å². The maximum absolute atomic E-state index is 11.1. The molecular formula is C9H10ClNO3S. The largest absolute Gasteiger partial charge is 0.481 e. The lowest BCUT2D eigenvalue weighted by atomic mass is 10.1. The minimum atomic E-state index is -0.955. The number of nitrogens with one attached hydrogen (secondary N) is 1. The van der Waals surface area contributed by atoms with Gasteiger partial charge in [0.1, 0.15) is 5.88 Å². The van der Waals surface area contributed by atoms with Crippen LogP contribution < -0.4 is 5.32 Å². The van der Waals surface area contributed by atoms with Crippen molar-refractivity contribution in [2.75, 3.05) is 5.88 Å². The lowest BCUT2D eigenvalue weighted by molar-refractivity contribution is -0.137. The molecular weight excluding hydrogens is 238 g/mol. The number of carbonyl (C=O) groups excluding carboxylic acids is 1. The van der Waals surface area contributed by atoms with Crippen LogP contribution in [0, 0.1) is 0 Å². The Bertz CT molecular complexity index is 339. The molecule has 0 saturated carbocycles. The zero-order valence-electron chi connectivity index (χ0n) is 7.77. The summed E-state index contributed by atoms with van der Waals surface area (Å²) in [5.41, 5.74) is 0. The molecule has 6 heteroatoms. The normalized spacial score (nSPS) is 12.1. The summed E-state index contributed by atoms with van der Waals surface area (Å²) in [4.78, 5) is 22.5. The Balaban J connectivity index is 2.70. The van der Waals surface area contributed by atoms with E-state index in [1.165, 1.54) is 11.3 Å². The highest BCUT2D eigenvalue weighted by Gasteiger charge is 2.18. The third kappa shape index (κ3) is 3.89. The summed E-state index contributed by atoms with van der Waals surface area (Å²) in [6.45, 7) is 0. The van der Waals surface area contributed by atoms with E-state index in [-0.39, 0.29) is 18.2 Å². The van der Waals surface area contributed by atoms with E-state index >= 15 is 0 Å². The van der Waals surface area contributed by atoms with Crippen molar-refractivity contribution in [1.29, 1.82) is 0 Å². The van der Waals surface area contributed by atoms with Crippen LogP contribution in [0.3, 0.4) is 0 Å². The predicted octanol–water partition coefficient (Wildman–Crippen LogP) is 1.62. The van der Waals surface area contributed by atoms with Gasteiger partial charge in [-0.1, -0.05) is 6.07 Å². The number of rotatable bonds is 5. The van der Waals surface area contributed by atoms with Gasteiger partial charge in [-0.05, 0) is 11.4 Å². The molecule has 0 aliphatic carbocycles. The molecule has 1 atom stereocenters. The first-order chi connectivity index (χ1) is 7.13. The Labute approximate surface area is 95.9 Å². The summed E-state index contributed by atoms with van der Waals surface area (Å²) < 4.78 is 0. The van der Waals surface area contributed by atoms with Gasteiger partial charge in [-0.15, -0.1) is 22.9 Å². The van der Waals surface area contributed by atoms with Gasteiger partial charge < -0.3 is 10.4 Å². The van der Waals surface area contributed by atoms with E-state index in [1.807, 2.05) is 11.4 Å². The van der Waals surface area contributed by atoms with Crippen LogP contribution in [-0.2, 0) is 9.59 Å². The van der Waals surface area contributed by atoms with Crippen molar-refractivity contribution in [3.63, 3.8) is 0 Å². The van der Waals surface area contributed by atoms with Gasteiger partial charge in [0.25, 0.3) is 0 Å². The quantitative estimate of drug-likeness (QED) is 0.777. The number of carbonyl (C=O) groups is 2. The van der Waals surface area contributed by atoms with Crippen molar-refractivity contribution in [3.05, 3.63) is 22.4 Å². The molecule has 1 aromatic heterocycles. The van der Waals surface area contributed by atoms with Crippen LogP contribution in [0.1, 0.15) is 17.3 Å². The fourth-order valence-corrected chi connectivity index (χ4v) is 1.97. The number of alkyl halides is 1. The van der Waals surface area contributed by atoms with E-state index in [9.17, 15) is 9.59 Å². The minimum absolute atomic E-state index is 0.136. The number of hydrogen-bond acceptors (Lipinski definition) is 3. The Hall–Kier alpha value is -1.07. The molecule has 82 valence electrons. The Morgan fingerprint density at radius 3 is 2.80 bits per heavy atom. The van der Waals surface area contributed by atoms with Crippen molar-refractivity contribution in [3.8, 4) is 0 Å². The van der Waals surface area contributed by atoms with Crippen LogP contribution in [0.4, 0.5) is 0 Å². The van der Waals surface area contributed by atoms with Crippen LogP contribution in [0.15, 0.2) is 17.5 Å². The van der Waals surface area contributed by atoms with Gasteiger partial charge >= 0.3 is 5.97 Å². The summed E-state index contributed by atoms with van der Waals surface area (Å²) in [5.74, 6) is -1.49. The fourth-order valence-electron chi connectivity index (χ4n) is 1.12. The Morgan fingerprint density at radius 2 is 2.33 bits per heavy atom. The second kappa shape index (κ2) is 5.72. The number of carboxylic acid groups (broad SMARTS) is 1. The number of aliphatic carboxylic acids is 1. The Kier molecular flexibility index (Phi) is 4.58. The maximum atomic E-state index is 11.1. The lowest BCUT2D eigenvalue weighted by Crippen LogP contribution is -2.30. The monoisotopic (exact) mass is 247 g/mol. The van der Waals surface area contributed by atoms with Crippen molar-refractivity contribution in [2.24, 2.45) is 0 Å². The summed E-state index contributed by atoms with van der Waals surface area (Å²) in [6.07, 6.45) is -0.136. The van der Waals surface area contributed by atoms with Crippen LogP contribution in [0.25, 0.3) is 0 Å². The highest BCUT2D eigenvalue weighted by Crippen LogP contribution is 2.21. The second-order valence-corrected chi connectivity index (χ2v) is 4.11. The molecule has 0 aliphatic rings. The Morgan fingerprint density at radius 1 is 1.60 bits per heavy atom. The highest BCUT2D eigenvalue weighted by molar-refractivity contribution is 7.10. The highest BCUT2D eigenvalue weighted by atomic mass is 35.5. The second-order valence-electron chi connectivity index (χ2n) is 2.87. The number of halogens is 1. The average Bonchev–Trinajstić information content (AvgIpc) is 2.68. The van der Waals surface area contributed by atoms with Crippen molar-refractivity contribution < 1.29 is 14.7 Å². The first-order valence-corrected chi connectivity index (χ1v) is 5.65. The number of carboxylic acids is 1. The zero-order chi connectivity index (χ0) is 11.3. The number of amides is 1. The van der Waals surface area contributed by atoms with E-state index < -0.39 is 12.0 Å².